The van der Waals surface area contributed by atoms with Gasteiger partial charge in [-0.05, 0) is 31.2 Å². The van der Waals surface area contributed by atoms with Crippen LogP contribution in [-0.4, -0.2) is 27.6 Å². The zero-order valence-electron chi connectivity index (χ0n) is 10.2. The molecule has 0 atom stereocenters. The van der Waals surface area contributed by atoms with Gasteiger partial charge in [-0.2, -0.15) is 0 Å². The Morgan fingerprint density at radius 2 is 1.89 bits per heavy atom. The molecule has 0 unspecified atom stereocenters. The van der Waals surface area contributed by atoms with Crippen LogP contribution in [0.3, 0.4) is 0 Å². The summed E-state index contributed by atoms with van der Waals surface area (Å²) in [4.78, 5) is 20.7. The normalized spacial score (nSPS) is 10.2. The molecule has 0 aliphatic heterocycles. The number of nitrogens with zero attached hydrogens (tertiary/aromatic N) is 3. The van der Waals surface area contributed by atoms with Gasteiger partial charge in [-0.25, -0.2) is 19.2 Å². The van der Waals surface area contributed by atoms with E-state index >= 15 is 0 Å². The highest BCUT2D eigenvalue weighted by atomic mass is 19.1. The topological polar surface area (TPSA) is 66.3 Å². The van der Waals surface area contributed by atoms with Gasteiger partial charge in [-0.1, -0.05) is 0 Å². The minimum Gasteiger partial charge on any atom is -0.476 e. The molecule has 0 radical (unpaired) electrons. The van der Waals surface area contributed by atoms with E-state index in [2.05, 4.69) is 9.97 Å². The number of halogens is 1. The van der Waals surface area contributed by atoms with E-state index in [1.165, 1.54) is 24.5 Å². The number of benzene rings is 1. The molecule has 2 aromatic rings. The SMILES string of the molecule is CCN(c1ccc(F)cc1)c1nccnc1C(=O)O. The number of hydrogen-bond acceptors (Lipinski definition) is 4. The summed E-state index contributed by atoms with van der Waals surface area (Å²) in [6, 6.07) is 5.77. The molecule has 1 heterocycles. The van der Waals surface area contributed by atoms with Crippen molar-refractivity contribution in [1.29, 1.82) is 0 Å². The summed E-state index contributed by atoms with van der Waals surface area (Å²) >= 11 is 0. The fourth-order valence-corrected chi connectivity index (χ4v) is 1.75. The number of rotatable bonds is 4. The van der Waals surface area contributed by atoms with Crippen molar-refractivity contribution in [2.45, 2.75) is 6.92 Å². The van der Waals surface area contributed by atoms with Crippen molar-refractivity contribution < 1.29 is 14.3 Å². The third-order valence-electron chi connectivity index (χ3n) is 2.59. The number of hydrogen-bond donors (Lipinski definition) is 1. The predicted molar refractivity (Wildman–Crippen MR) is 68.1 cm³/mol. The molecule has 19 heavy (non-hydrogen) atoms. The van der Waals surface area contributed by atoms with Crippen LogP contribution in [0.25, 0.3) is 0 Å². The molecule has 5 nitrogen and oxygen atoms in total. The van der Waals surface area contributed by atoms with Crippen LogP contribution >= 0.6 is 0 Å². The molecular formula is C13H12FN3O2. The average molecular weight is 261 g/mol. The maximum absolute atomic E-state index is 12.9. The Bertz CT molecular complexity index is 587. The number of carboxylic acid groups (broad SMARTS) is 1. The highest BCUT2D eigenvalue weighted by Crippen LogP contribution is 2.25. The largest absolute Gasteiger partial charge is 0.476 e. The van der Waals surface area contributed by atoms with Gasteiger partial charge in [0.15, 0.2) is 11.5 Å². The summed E-state index contributed by atoms with van der Waals surface area (Å²) in [7, 11) is 0. The summed E-state index contributed by atoms with van der Waals surface area (Å²) in [6.07, 6.45) is 2.75. The Labute approximate surface area is 109 Å². The van der Waals surface area contributed by atoms with Crippen molar-refractivity contribution in [3.8, 4) is 0 Å². The number of carboxylic acids is 1. The quantitative estimate of drug-likeness (QED) is 0.915. The molecule has 0 bridgehead atoms. The van der Waals surface area contributed by atoms with Gasteiger partial charge in [0.25, 0.3) is 0 Å². The van der Waals surface area contributed by atoms with Gasteiger partial charge in [-0.3, -0.25) is 0 Å². The molecule has 0 saturated heterocycles. The first-order valence-electron chi connectivity index (χ1n) is 5.71. The third-order valence-corrected chi connectivity index (χ3v) is 2.59. The van der Waals surface area contributed by atoms with Crippen molar-refractivity contribution in [3.05, 3.63) is 48.2 Å². The maximum atomic E-state index is 12.9. The molecular weight excluding hydrogens is 249 g/mol. The van der Waals surface area contributed by atoms with E-state index < -0.39 is 5.97 Å². The smallest absolute Gasteiger partial charge is 0.358 e. The van der Waals surface area contributed by atoms with E-state index in [0.29, 0.717) is 12.2 Å². The van der Waals surface area contributed by atoms with Crippen LogP contribution in [0, 0.1) is 5.82 Å². The van der Waals surface area contributed by atoms with Gasteiger partial charge < -0.3 is 10.0 Å². The lowest BCUT2D eigenvalue weighted by atomic mass is 10.2. The standard InChI is InChI=1S/C13H12FN3O2/c1-2-17(10-5-3-9(14)4-6-10)12-11(13(18)19)15-7-8-16-12/h3-8H,2H2,1H3,(H,18,19). The summed E-state index contributed by atoms with van der Waals surface area (Å²) in [5.41, 5.74) is 0.528. The molecule has 0 saturated carbocycles. The van der Waals surface area contributed by atoms with Gasteiger partial charge in [-0.15, -0.1) is 0 Å². The highest BCUT2D eigenvalue weighted by molar-refractivity contribution is 5.92. The van der Waals surface area contributed by atoms with Crippen molar-refractivity contribution in [2.75, 3.05) is 11.4 Å². The second-order valence-electron chi connectivity index (χ2n) is 3.75. The Hall–Kier alpha value is -2.50. The second-order valence-corrected chi connectivity index (χ2v) is 3.75. The molecule has 1 N–H and O–H groups in total. The Kier molecular flexibility index (Phi) is 3.70. The predicted octanol–water partition coefficient (Wildman–Crippen LogP) is 2.47. The lowest BCUT2D eigenvalue weighted by molar-refractivity contribution is 0.0691. The van der Waals surface area contributed by atoms with Crippen molar-refractivity contribution in [1.82, 2.24) is 9.97 Å². The van der Waals surface area contributed by atoms with E-state index in [0.717, 1.165) is 0 Å². The van der Waals surface area contributed by atoms with Crippen molar-refractivity contribution >= 4 is 17.5 Å². The van der Waals surface area contributed by atoms with Crippen LogP contribution in [0.5, 0.6) is 0 Å². The Morgan fingerprint density at radius 3 is 2.47 bits per heavy atom. The summed E-state index contributed by atoms with van der Waals surface area (Å²) in [6.45, 7) is 2.34. The van der Waals surface area contributed by atoms with E-state index in [-0.39, 0.29) is 17.3 Å². The number of anilines is 2. The summed E-state index contributed by atoms with van der Waals surface area (Å²) in [5, 5.41) is 9.11. The molecule has 0 fully saturated rings. The van der Waals surface area contributed by atoms with Gasteiger partial charge in [0.05, 0.1) is 0 Å². The van der Waals surface area contributed by atoms with Gasteiger partial charge in [0, 0.05) is 24.6 Å². The van der Waals surface area contributed by atoms with E-state index in [1.807, 2.05) is 6.92 Å². The molecule has 1 aromatic heterocycles. The highest BCUT2D eigenvalue weighted by Gasteiger charge is 2.18. The first kappa shape index (κ1) is 12.9. The molecule has 6 heteroatoms. The molecule has 98 valence electrons. The minimum atomic E-state index is -1.15. The molecule has 0 aliphatic rings. The lowest BCUT2D eigenvalue weighted by Gasteiger charge is -2.22. The lowest BCUT2D eigenvalue weighted by Crippen LogP contribution is -2.21. The fraction of sp³-hybridized carbons (Fsp3) is 0.154. The van der Waals surface area contributed by atoms with Gasteiger partial charge in [0.2, 0.25) is 0 Å². The molecule has 0 aliphatic carbocycles. The van der Waals surface area contributed by atoms with Crippen molar-refractivity contribution in [3.63, 3.8) is 0 Å². The molecule has 0 spiro atoms. The van der Waals surface area contributed by atoms with Gasteiger partial charge in [0.1, 0.15) is 5.82 Å². The second kappa shape index (κ2) is 5.43. The first-order chi connectivity index (χ1) is 9.13. The Morgan fingerprint density at radius 1 is 1.26 bits per heavy atom. The van der Waals surface area contributed by atoms with E-state index in [4.69, 9.17) is 5.11 Å². The maximum Gasteiger partial charge on any atom is 0.358 e. The minimum absolute atomic E-state index is 0.131. The Balaban J connectivity index is 2.48. The summed E-state index contributed by atoms with van der Waals surface area (Å²) < 4.78 is 12.9. The van der Waals surface area contributed by atoms with E-state index in [1.54, 1.807) is 17.0 Å². The van der Waals surface area contributed by atoms with Crippen LogP contribution in [0.1, 0.15) is 17.4 Å². The van der Waals surface area contributed by atoms with Crippen LogP contribution in [-0.2, 0) is 0 Å². The molecule has 2 rings (SSSR count). The van der Waals surface area contributed by atoms with Crippen LogP contribution < -0.4 is 4.90 Å². The van der Waals surface area contributed by atoms with Crippen LogP contribution in [0.4, 0.5) is 15.9 Å². The van der Waals surface area contributed by atoms with Crippen molar-refractivity contribution in [2.24, 2.45) is 0 Å². The molecule has 0 amide bonds. The average Bonchev–Trinajstić information content (AvgIpc) is 2.42. The fourth-order valence-electron chi connectivity index (χ4n) is 1.75. The first-order valence-corrected chi connectivity index (χ1v) is 5.71. The number of carbonyl (C=O) groups is 1. The van der Waals surface area contributed by atoms with Gasteiger partial charge >= 0.3 is 5.97 Å². The number of aromatic carboxylic acids is 1. The molecule has 1 aromatic carbocycles. The third kappa shape index (κ3) is 2.67. The van der Waals surface area contributed by atoms with E-state index in [9.17, 15) is 9.18 Å². The zero-order chi connectivity index (χ0) is 13.8. The monoisotopic (exact) mass is 261 g/mol. The number of aromatic nitrogens is 2. The van der Waals surface area contributed by atoms with Crippen LogP contribution in [0.2, 0.25) is 0 Å². The van der Waals surface area contributed by atoms with Crippen LogP contribution in [0.15, 0.2) is 36.7 Å². The summed E-state index contributed by atoms with van der Waals surface area (Å²) in [5.74, 6) is -1.26. The zero-order valence-corrected chi connectivity index (χ0v) is 10.2.